The fourth-order valence-corrected chi connectivity index (χ4v) is 2.16. The number of nitrogen functional groups attached to an aromatic ring is 1. The van der Waals surface area contributed by atoms with Gasteiger partial charge in [0.2, 0.25) is 12.5 Å². The van der Waals surface area contributed by atoms with E-state index in [9.17, 15) is 0 Å². The third-order valence-electron chi connectivity index (χ3n) is 3.44. The van der Waals surface area contributed by atoms with E-state index in [1.165, 1.54) is 0 Å². The van der Waals surface area contributed by atoms with Crippen molar-refractivity contribution in [2.24, 2.45) is 5.84 Å². The van der Waals surface area contributed by atoms with Crippen LogP contribution in [0.15, 0.2) is 12.1 Å². The number of hydrazine groups is 1. The van der Waals surface area contributed by atoms with Crippen LogP contribution in [0, 0.1) is 13.8 Å². The molecule has 1 aliphatic heterocycles. The zero-order valence-electron chi connectivity index (χ0n) is 12.1. The molecule has 2 heterocycles. The zero-order valence-corrected chi connectivity index (χ0v) is 12.1. The average Bonchev–Trinajstić information content (AvgIpc) is 2.97. The van der Waals surface area contributed by atoms with Crippen molar-refractivity contribution in [3.05, 3.63) is 23.4 Å². The molecule has 0 radical (unpaired) electrons. The lowest BCUT2D eigenvalue weighted by molar-refractivity contribution is 0.171. The highest BCUT2D eigenvalue weighted by molar-refractivity contribution is 5.68. The number of anilines is 1. The quantitative estimate of drug-likeness (QED) is 0.657. The summed E-state index contributed by atoms with van der Waals surface area (Å²) in [5, 5.41) is 0. The van der Waals surface area contributed by atoms with E-state index in [2.05, 4.69) is 15.4 Å². The molecule has 1 aromatic heterocycles. The van der Waals surface area contributed by atoms with Crippen LogP contribution >= 0.6 is 0 Å². The predicted molar refractivity (Wildman–Crippen MR) is 77.4 cm³/mol. The van der Waals surface area contributed by atoms with E-state index in [4.69, 9.17) is 20.1 Å². The van der Waals surface area contributed by atoms with E-state index < -0.39 is 0 Å². The third kappa shape index (κ3) is 2.21. The SMILES string of the molecule is COc1cc(-c2nc(C)c(C)c(NN)n2)cc2c1OCO2. The molecule has 0 saturated carbocycles. The van der Waals surface area contributed by atoms with Crippen molar-refractivity contribution in [3.63, 3.8) is 0 Å². The summed E-state index contributed by atoms with van der Waals surface area (Å²) in [5.74, 6) is 8.44. The van der Waals surface area contributed by atoms with E-state index in [0.29, 0.717) is 28.9 Å². The lowest BCUT2D eigenvalue weighted by Crippen LogP contribution is -2.12. The summed E-state index contributed by atoms with van der Waals surface area (Å²) in [7, 11) is 1.58. The summed E-state index contributed by atoms with van der Waals surface area (Å²) in [5.41, 5.74) is 5.13. The smallest absolute Gasteiger partial charge is 0.231 e. The van der Waals surface area contributed by atoms with Gasteiger partial charge in [0, 0.05) is 16.8 Å². The van der Waals surface area contributed by atoms with Crippen molar-refractivity contribution in [3.8, 4) is 28.6 Å². The van der Waals surface area contributed by atoms with E-state index in [0.717, 1.165) is 16.8 Å². The Morgan fingerprint density at radius 1 is 1.24 bits per heavy atom. The van der Waals surface area contributed by atoms with Crippen molar-refractivity contribution < 1.29 is 14.2 Å². The number of rotatable bonds is 3. The number of fused-ring (bicyclic) bond motifs is 1. The Hall–Kier alpha value is -2.54. The largest absolute Gasteiger partial charge is 0.493 e. The number of nitrogens with one attached hydrogen (secondary N) is 1. The molecule has 0 fully saturated rings. The number of nitrogens with two attached hydrogens (primary N) is 1. The highest BCUT2D eigenvalue weighted by Gasteiger charge is 2.22. The molecule has 1 aliphatic rings. The Morgan fingerprint density at radius 2 is 2.05 bits per heavy atom. The molecule has 0 unspecified atom stereocenters. The Morgan fingerprint density at radius 3 is 2.76 bits per heavy atom. The van der Waals surface area contributed by atoms with Gasteiger partial charge in [-0.15, -0.1) is 0 Å². The molecule has 110 valence electrons. The molecule has 7 nitrogen and oxygen atoms in total. The maximum absolute atomic E-state index is 5.50. The first-order chi connectivity index (χ1) is 10.1. The monoisotopic (exact) mass is 288 g/mol. The molecule has 0 amide bonds. The number of methoxy groups -OCH3 is 1. The van der Waals surface area contributed by atoms with E-state index >= 15 is 0 Å². The highest BCUT2D eigenvalue weighted by Crippen LogP contribution is 2.43. The molecule has 0 spiro atoms. The van der Waals surface area contributed by atoms with Crippen molar-refractivity contribution in [2.75, 3.05) is 19.3 Å². The molecule has 3 N–H and O–H groups in total. The van der Waals surface area contributed by atoms with Gasteiger partial charge in [0.15, 0.2) is 17.3 Å². The third-order valence-corrected chi connectivity index (χ3v) is 3.44. The van der Waals surface area contributed by atoms with Crippen LogP contribution in [0.3, 0.4) is 0 Å². The van der Waals surface area contributed by atoms with Crippen molar-refractivity contribution >= 4 is 5.82 Å². The number of aromatic nitrogens is 2. The summed E-state index contributed by atoms with van der Waals surface area (Å²) in [6.07, 6.45) is 0. The molecular weight excluding hydrogens is 272 g/mol. The first-order valence-electron chi connectivity index (χ1n) is 6.44. The van der Waals surface area contributed by atoms with Gasteiger partial charge in [0.25, 0.3) is 0 Å². The summed E-state index contributed by atoms with van der Waals surface area (Å²) >= 11 is 0. The Bertz CT molecular complexity index is 703. The van der Waals surface area contributed by atoms with Gasteiger partial charge in [-0.2, -0.15) is 0 Å². The van der Waals surface area contributed by atoms with Gasteiger partial charge >= 0.3 is 0 Å². The fourth-order valence-electron chi connectivity index (χ4n) is 2.16. The first-order valence-corrected chi connectivity index (χ1v) is 6.44. The summed E-state index contributed by atoms with van der Waals surface area (Å²) in [6.45, 7) is 4.00. The van der Waals surface area contributed by atoms with E-state index in [1.54, 1.807) is 7.11 Å². The van der Waals surface area contributed by atoms with Gasteiger partial charge < -0.3 is 19.6 Å². The molecule has 2 aromatic rings. The molecule has 21 heavy (non-hydrogen) atoms. The molecule has 1 aromatic carbocycles. The van der Waals surface area contributed by atoms with E-state index in [-0.39, 0.29) is 6.79 Å². The molecule has 0 aliphatic carbocycles. The van der Waals surface area contributed by atoms with Crippen LogP contribution in [-0.2, 0) is 0 Å². The van der Waals surface area contributed by atoms with Gasteiger partial charge in [0.1, 0.15) is 5.82 Å². The predicted octanol–water partition coefficient (Wildman–Crippen LogP) is 1.78. The van der Waals surface area contributed by atoms with Crippen molar-refractivity contribution in [2.45, 2.75) is 13.8 Å². The minimum Gasteiger partial charge on any atom is -0.493 e. The minimum atomic E-state index is 0.179. The van der Waals surface area contributed by atoms with Crippen LogP contribution in [-0.4, -0.2) is 23.9 Å². The number of hydrogen-bond donors (Lipinski definition) is 2. The fraction of sp³-hybridized carbons (Fsp3) is 0.286. The van der Waals surface area contributed by atoms with Crippen LogP contribution in [0.4, 0.5) is 5.82 Å². The topological polar surface area (TPSA) is 91.5 Å². The summed E-state index contributed by atoms with van der Waals surface area (Å²) in [4.78, 5) is 8.92. The molecule has 3 rings (SSSR count). The zero-order chi connectivity index (χ0) is 15.0. The molecule has 7 heteroatoms. The summed E-state index contributed by atoms with van der Waals surface area (Å²) < 4.78 is 16.1. The Kier molecular flexibility index (Phi) is 3.26. The number of nitrogens with zero attached hydrogens (tertiary/aromatic N) is 2. The maximum Gasteiger partial charge on any atom is 0.231 e. The van der Waals surface area contributed by atoms with Gasteiger partial charge in [-0.3, -0.25) is 0 Å². The minimum absolute atomic E-state index is 0.179. The number of benzene rings is 1. The van der Waals surface area contributed by atoms with Gasteiger partial charge in [-0.1, -0.05) is 0 Å². The van der Waals surface area contributed by atoms with Gasteiger partial charge in [-0.25, -0.2) is 15.8 Å². The second-order valence-corrected chi connectivity index (χ2v) is 4.66. The Labute approximate surface area is 122 Å². The van der Waals surface area contributed by atoms with Crippen molar-refractivity contribution in [1.82, 2.24) is 9.97 Å². The van der Waals surface area contributed by atoms with Crippen LogP contribution in [0.2, 0.25) is 0 Å². The van der Waals surface area contributed by atoms with Crippen LogP contribution in [0.1, 0.15) is 11.3 Å². The average molecular weight is 288 g/mol. The van der Waals surface area contributed by atoms with Gasteiger partial charge in [0.05, 0.1) is 7.11 Å². The standard InChI is InChI=1S/C14H16N4O3/c1-7-8(2)16-14(17-13(7)18-15)9-4-10(19-3)12-11(5-9)20-6-21-12/h4-5H,6,15H2,1-3H3,(H,16,17,18). The second kappa shape index (κ2) is 5.10. The second-order valence-electron chi connectivity index (χ2n) is 4.66. The summed E-state index contributed by atoms with van der Waals surface area (Å²) in [6, 6.07) is 3.65. The van der Waals surface area contributed by atoms with Gasteiger partial charge in [-0.05, 0) is 26.0 Å². The van der Waals surface area contributed by atoms with Crippen molar-refractivity contribution in [1.29, 1.82) is 0 Å². The maximum atomic E-state index is 5.50. The molecule has 0 atom stereocenters. The Balaban J connectivity index is 2.15. The number of hydrogen-bond acceptors (Lipinski definition) is 7. The number of aryl methyl sites for hydroxylation is 1. The highest BCUT2D eigenvalue weighted by atomic mass is 16.7. The van der Waals surface area contributed by atoms with Crippen LogP contribution in [0.5, 0.6) is 17.2 Å². The lowest BCUT2D eigenvalue weighted by Gasteiger charge is -2.11. The van der Waals surface area contributed by atoms with E-state index in [1.807, 2.05) is 26.0 Å². The van der Waals surface area contributed by atoms with Crippen LogP contribution in [0.25, 0.3) is 11.4 Å². The van der Waals surface area contributed by atoms with Crippen LogP contribution < -0.4 is 25.5 Å². The molecule has 0 bridgehead atoms. The first kappa shape index (κ1) is 13.4. The molecule has 0 saturated heterocycles. The number of ether oxygens (including phenoxy) is 3. The lowest BCUT2D eigenvalue weighted by atomic mass is 10.1. The molecular formula is C14H16N4O3. The normalized spacial score (nSPS) is 12.4.